The van der Waals surface area contributed by atoms with Gasteiger partial charge in [-0.25, -0.2) is 4.79 Å². The lowest BCUT2D eigenvalue weighted by Crippen LogP contribution is -2.27. The number of ether oxygens (including phenoxy) is 1. The Bertz CT molecular complexity index is 597. The van der Waals surface area contributed by atoms with Crippen LogP contribution >= 0.6 is 0 Å². The highest BCUT2D eigenvalue weighted by atomic mass is 16.5. The minimum Gasteiger partial charge on any atom is -0.489 e. The molecular weight excluding hydrogens is 272 g/mol. The van der Waals surface area contributed by atoms with Crippen molar-refractivity contribution in [2.75, 3.05) is 0 Å². The molecule has 0 aromatic heterocycles. The Kier molecular flexibility index (Phi) is 4.92. The zero-order chi connectivity index (χ0) is 15.2. The van der Waals surface area contributed by atoms with Crippen molar-refractivity contribution < 1.29 is 24.9 Å². The largest absolute Gasteiger partial charge is 0.489 e. The van der Waals surface area contributed by atoms with Gasteiger partial charge in [0.1, 0.15) is 18.5 Å². The molecule has 0 spiro atoms. The van der Waals surface area contributed by atoms with E-state index in [1.54, 1.807) is 18.2 Å². The highest BCUT2D eigenvalue weighted by Crippen LogP contribution is 2.28. The summed E-state index contributed by atoms with van der Waals surface area (Å²) in [6.07, 6.45) is -3.44. The summed E-state index contributed by atoms with van der Waals surface area (Å²) in [5.74, 6) is -1.14. The van der Waals surface area contributed by atoms with E-state index in [4.69, 9.17) is 9.84 Å². The zero-order valence-corrected chi connectivity index (χ0v) is 11.2. The number of benzene rings is 2. The second kappa shape index (κ2) is 6.88. The van der Waals surface area contributed by atoms with Gasteiger partial charge in [-0.15, -0.1) is 0 Å². The molecule has 0 radical (unpaired) electrons. The van der Waals surface area contributed by atoms with Crippen LogP contribution in [0.15, 0.2) is 54.6 Å². The van der Waals surface area contributed by atoms with Gasteiger partial charge in [-0.3, -0.25) is 0 Å². The molecule has 2 rings (SSSR count). The molecule has 0 amide bonds. The Morgan fingerprint density at radius 1 is 1.00 bits per heavy atom. The van der Waals surface area contributed by atoms with Crippen molar-refractivity contribution in [1.29, 1.82) is 0 Å². The molecule has 0 fully saturated rings. The number of hydrogen-bond acceptors (Lipinski definition) is 4. The van der Waals surface area contributed by atoms with Crippen LogP contribution in [0.1, 0.15) is 17.2 Å². The molecule has 0 aliphatic rings. The molecule has 0 saturated heterocycles. The Labute approximate surface area is 122 Å². The van der Waals surface area contributed by atoms with Crippen LogP contribution in [0.25, 0.3) is 0 Å². The number of rotatable bonds is 6. The molecule has 3 N–H and O–H groups in total. The molecule has 0 aliphatic heterocycles. The van der Waals surface area contributed by atoms with E-state index in [1.807, 2.05) is 30.3 Å². The molecule has 0 aliphatic carbocycles. The summed E-state index contributed by atoms with van der Waals surface area (Å²) >= 11 is 0. The van der Waals surface area contributed by atoms with Gasteiger partial charge in [0, 0.05) is 5.56 Å². The molecule has 0 bridgehead atoms. The number of carboxylic acids is 1. The Morgan fingerprint density at radius 2 is 1.62 bits per heavy atom. The van der Waals surface area contributed by atoms with Crippen molar-refractivity contribution in [3.05, 3.63) is 65.7 Å². The van der Waals surface area contributed by atoms with E-state index < -0.39 is 18.2 Å². The molecule has 5 nitrogen and oxygen atoms in total. The normalized spacial score (nSPS) is 13.4. The number of carbonyl (C=O) groups is 1. The Morgan fingerprint density at radius 3 is 2.29 bits per heavy atom. The van der Waals surface area contributed by atoms with Crippen LogP contribution in [0.2, 0.25) is 0 Å². The second-order valence-electron chi connectivity index (χ2n) is 4.54. The number of para-hydroxylation sites is 1. The van der Waals surface area contributed by atoms with Crippen molar-refractivity contribution in [3.63, 3.8) is 0 Å². The molecule has 2 aromatic rings. The lowest BCUT2D eigenvalue weighted by atomic mass is 10.0. The van der Waals surface area contributed by atoms with E-state index in [0.29, 0.717) is 5.75 Å². The second-order valence-corrected chi connectivity index (χ2v) is 4.54. The average molecular weight is 288 g/mol. The van der Waals surface area contributed by atoms with Crippen LogP contribution in [0.4, 0.5) is 0 Å². The highest BCUT2D eigenvalue weighted by molar-refractivity contribution is 5.73. The van der Waals surface area contributed by atoms with Crippen LogP contribution in [0.5, 0.6) is 5.75 Å². The van der Waals surface area contributed by atoms with E-state index in [-0.39, 0.29) is 12.2 Å². The van der Waals surface area contributed by atoms with Crippen LogP contribution in [-0.4, -0.2) is 27.4 Å². The summed E-state index contributed by atoms with van der Waals surface area (Å²) in [4.78, 5) is 10.8. The van der Waals surface area contributed by atoms with Gasteiger partial charge in [-0.1, -0.05) is 48.5 Å². The highest BCUT2D eigenvalue weighted by Gasteiger charge is 2.27. The maximum atomic E-state index is 10.8. The first kappa shape index (κ1) is 15.0. The third kappa shape index (κ3) is 3.81. The maximum absolute atomic E-state index is 10.8. The average Bonchev–Trinajstić information content (AvgIpc) is 2.52. The third-order valence-corrected chi connectivity index (χ3v) is 3.03. The first-order valence-corrected chi connectivity index (χ1v) is 6.44. The quantitative estimate of drug-likeness (QED) is 0.753. The molecule has 0 heterocycles. The predicted molar refractivity (Wildman–Crippen MR) is 75.8 cm³/mol. The molecule has 2 atom stereocenters. The van der Waals surface area contributed by atoms with Gasteiger partial charge in [0.25, 0.3) is 0 Å². The molecule has 0 saturated carbocycles. The van der Waals surface area contributed by atoms with Crippen LogP contribution < -0.4 is 4.74 Å². The van der Waals surface area contributed by atoms with Gasteiger partial charge in [-0.2, -0.15) is 0 Å². The van der Waals surface area contributed by atoms with Crippen LogP contribution in [-0.2, 0) is 11.4 Å². The summed E-state index contributed by atoms with van der Waals surface area (Å²) < 4.78 is 5.61. The number of aliphatic hydroxyl groups is 2. The number of carboxylic acid groups (broad SMARTS) is 1. The fourth-order valence-electron chi connectivity index (χ4n) is 1.90. The van der Waals surface area contributed by atoms with Gasteiger partial charge in [-0.05, 0) is 11.6 Å². The predicted octanol–water partition coefficient (Wildman–Crippen LogP) is 1.74. The SMILES string of the molecule is O=C(O)C(O)C(O)c1ccccc1OCc1ccccc1. The van der Waals surface area contributed by atoms with Gasteiger partial charge >= 0.3 is 5.97 Å². The monoisotopic (exact) mass is 288 g/mol. The minimum absolute atomic E-state index is 0.239. The van der Waals surface area contributed by atoms with Crippen LogP contribution in [0, 0.1) is 0 Å². The van der Waals surface area contributed by atoms with Crippen molar-refractivity contribution in [1.82, 2.24) is 0 Å². The standard InChI is InChI=1S/C16H16O5/c17-14(15(18)16(19)20)12-8-4-5-9-13(12)21-10-11-6-2-1-3-7-11/h1-9,14-15,17-18H,10H2,(H,19,20). The van der Waals surface area contributed by atoms with E-state index in [0.717, 1.165) is 5.56 Å². The van der Waals surface area contributed by atoms with Crippen molar-refractivity contribution in [2.45, 2.75) is 18.8 Å². The van der Waals surface area contributed by atoms with E-state index >= 15 is 0 Å². The summed E-state index contributed by atoms with van der Waals surface area (Å²) in [6, 6.07) is 15.9. The number of hydrogen-bond donors (Lipinski definition) is 3. The van der Waals surface area contributed by atoms with E-state index in [2.05, 4.69) is 0 Å². The molecule has 21 heavy (non-hydrogen) atoms. The molecule has 5 heteroatoms. The summed E-state index contributed by atoms with van der Waals surface area (Å²) in [7, 11) is 0. The molecular formula is C16H16O5. The van der Waals surface area contributed by atoms with Gasteiger partial charge in [0.15, 0.2) is 6.10 Å². The van der Waals surface area contributed by atoms with Crippen molar-refractivity contribution >= 4 is 5.97 Å². The zero-order valence-electron chi connectivity index (χ0n) is 11.2. The molecule has 2 aromatic carbocycles. The van der Waals surface area contributed by atoms with E-state index in [9.17, 15) is 15.0 Å². The van der Waals surface area contributed by atoms with Gasteiger partial charge in [0.05, 0.1) is 0 Å². The molecule has 110 valence electrons. The van der Waals surface area contributed by atoms with Gasteiger partial charge < -0.3 is 20.1 Å². The van der Waals surface area contributed by atoms with E-state index in [1.165, 1.54) is 6.07 Å². The third-order valence-electron chi connectivity index (χ3n) is 3.03. The summed E-state index contributed by atoms with van der Waals surface area (Å²) in [5.41, 5.74) is 1.18. The van der Waals surface area contributed by atoms with Gasteiger partial charge in [0.2, 0.25) is 0 Å². The minimum atomic E-state index is -1.90. The maximum Gasteiger partial charge on any atom is 0.335 e. The summed E-state index contributed by atoms with van der Waals surface area (Å²) in [6.45, 7) is 0.285. The fraction of sp³-hybridized carbons (Fsp3) is 0.188. The van der Waals surface area contributed by atoms with Crippen molar-refractivity contribution in [2.24, 2.45) is 0 Å². The Hall–Kier alpha value is -2.37. The fourth-order valence-corrected chi connectivity index (χ4v) is 1.90. The lowest BCUT2D eigenvalue weighted by Gasteiger charge is -2.18. The smallest absolute Gasteiger partial charge is 0.335 e. The van der Waals surface area contributed by atoms with Crippen molar-refractivity contribution in [3.8, 4) is 5.75 Å². The number of aliphatic hydroxyl groups excluding tert-OH is 2. The van der Waals surface area contributed by atoms with Crippen LogP contribution in [0.3, 0.4) is 0 Å². The first-order chi connectivity index (χ1) is 10.1. The summed E-state index contributed by atoms with van der Waals surface area (Å²) in [5, 5.41) is 28.1. The molecule has 2 unspecified atom stereocenters. The Balaban J connectivity index is 2.15. The topological polar surface area (TPSA) is 87.0 Å². The number of aliphatic carboxylic acids is 1. The first-order valence-electron chi connectivity index (χ1n) is 6.44. The lowest BCUT2D eigenvalue weighted by molar-refractivity contribution is -0.153.